The quantitative estimate of drug-likeness (QED) is 0.701. The summed E-state index contributed by atoms with van der Waals surface area (Å²) in [6.45, 7) is 6.51. The summed E-state index contributed by atoms with van der Waals surface area (Å²) in [6.07, 6.45) is 7.56. The predicted octanol–water partition coefficient (Wildman–Crippen LogP) is 3.85. The number of aromatic nitrogens is 1. The van der Waals surface area contributed by atoms with Crippen molar-refractivity contribution in [3.05, 3.63) is 35.2 Å². The predicted molar refractivity (Wildman–Crippen MR) is 62.2 cm³/mol. The minimum Gasteiger partial charge on any atom is -0.257 e. The van der Waals surface area contributed by atoms with Crippen LogP contribution in [0.4, 0.5) is 0 Å². The van der Waals surface area contributed by atoms with Crippen LogP contribution in [-0.2, 0) is 6.42 Å². The number of nitrogens with zero attached hydrogens (tertiary/aromatic N) is 1. The van der Waals surface area contributed by atoms with Gasteiger partial charge in [-0.3, -0.25) is 4.98 Å². The third kappa shape index (κ3) is 3.33. The lowest BCUT2D eigenvalue weighted by Crippen LogP contribution is -1.86. The van der Waals surface area contributed by atoms with Gasteiger partial charge in [-0.05, 0) is 37.5 Å². The van der Waals surface area contributed by atoms with E-state index >= 15 is 0 Å². The van der Waals surface area contributed by atoms with Gasteiger partial charge in [0, 0.05) is 6.20 Å². The van der Waals surface area contributed by atoms with Crippen molar-refractivity contribution in [2.45, 2.75) is 40.0 Å². The maximum atomic E-state index is 4.40. The van der Waals surface area contributed by atoms with Crippen LogP contribution in [0.1, 0.15) is 44.9 Å². The largest absolute Gasteiger partial charge is 0.257 e. The number of hydrogen-bond donors (Lipinski definition) is 0. The molecule has 0 N–H and O–H groups in total. The molecular formula is C13H19N. The molecule has 0 aliphatic heterocycles. The highest BCUT2D eigenvalue weighted by Gasteiger charge is 1.93. The molecule has 0 saturated carbocycles. The molecule has 1 heterocycles. The first-order valence-corrected chi connectivity index (χ1v) is 5.38. The van der Waals surface area contributed by atoms with Crippen molar-refractivity contribution in [2.75, 3.05) is 0 Å². The fourth-order valence-corrected chi connectivity index (χ4v) is 1.45. The van der Waals surface area contributed by atoms with Crippen molar-refractivity contribution >= 4 is 6.08 Å². The second-order valence-electron chi connectivity index (χ2n) is 3.69. The van der Waals surface area contributed by atoms with Gasteiger partial charge in [0.2, 0.25) is 0 Å². The van der Waals surface area contributed by atoms with Crippen LogP contribution in [-0.4, -0.2) is 4.98 Å². The summed E-state index contributed by atoms with van der Waals surface area (Å²) in [5.41, 5.74) is 3.78. The molecule has 1 rings (SSSR count). The van der Waals surface area contributed by atoms with Crippen LogP contribution in [0.25, 0.3) is 6.08 Å². The standard InChI is InChI=1S/C13H19N/c1-4-6-11(3)9-13-8-7-12(5-2)10-14-13/h7-10H,4-6H2,1-3H3/b11-9+. The first-order chi connectivity index (χ1) is 6.76. The van der Waals surface area contributed by atoms with Gasteiger partial charge < -0.3 is 0 Å². The topological polar surface area (TPSA) is 12.9 Å². The molecule has 0 fully saturated rings. The van der Waals surface area contributed by atoms with E-state index in [1.54, 1.807) is 0 Å². The van der Waals surface area contributed by atoms with Crippen molar-refractivity contribution in [1.29, 1.82) is 0 Å². The summed E-state index contributed by atoms with van der Waals surface area (Å²) in [5.74, 6) is 0. The van der Waals surface area contributed by atoms with Gasteiger partial charge in [-0.15, -0.1) is 0 Å². The van der Waals surface area contributed by atoms with Crippen molar-refractivity contribution in [3.8, 4) is 0 Å². The summed E-state index contributed by atoms with van der Waals surface area (Å²) in [6, 6.07) is 4.25. The van der Waals surface area contributed by atoms with Crippen molar-refractivity contribution in [3.63, 3.8) is 0 Å². The lowest BCUT2D eigenvalue weighted by atomic mass is 10.1. The summed E-state index contributed by atoms with van der Waals surface area (Å²) in [7, 11) is 0. The van der Waals surface area contributed by atoms with E-state index in [4.69, 9.17) is 0 Å². The Morgan fingerprint density at radius 1 is 1.36 bits per heavy atom. The van der Waals surface area contributed by atoms with Crippen molar-refractivity contribution in [2.24, 2.45) is 0 Å². The first-order valence-electron chi connectivity index (χ1n) is 5.38. The summed E-state index contributed by atoms with van der Waals surface area (Å²) >= 11 is 0. The van der Waals surface area contributed by atoms with Crippen LogP contribution in [0.2, 0.25) is 0 Å². The molecule has 1 aromatic rings. The molecule has 0 saturated heterocycles. The normalized spacial score (nSPS) is 11.8. The Hall–Kier alpha value is -1.11. The molecule has 0 aromatic carbocycles. The van der Waals surface area contributed by atoms with Gasteiger partial charge in [0.15, 0.2) is 0 Å². The van der Waals surface area contributed by atoms with E-state index in [2.05, 4.69) is 44.0 Å². The van der Waals surface area contributed by atoms with Gasteiger partial charge in [0.05, 0.1) is 5.69 Å². The average Bonchev–Trinajstić information content (AvgIpc) is 2.19. The highest BCUT2D eigenvalue weighted by molar-refractivity contribution is 5.48. The van der Waals surface area contributed by atoms with Gasteiger partial charge in [-0.1, -0.05) is 31.9 Å². The van der Waals surface area contributed by atoms with E-state index in [1.807, 2.05) is 6.20 Å². The third-order valence-corrected chi connectivity index (χ3v) is 2.29. The zero-order valence-corrected chi connectivity index (χ0v) is 9.38. The van der Waals surface area contributed by atoms with Gasteiger partial charge >= 0.3 is 0 Å². The number of pyridine rings is 1. The van der Waals surface area contributed by atoms with Crippen molar-refractivity contribution < 1.29 is 0 Å². The molecule has 1 nitrogen and oxygen atoms in total. The Bertz CT molecular complexity index is 296. The van der Waals surface area contributed by atoms with Crippen LogP contribution in [0, 0.1) is 0 Å². The molecular weight excluding hydrogens is 170 g/mol. The molecule has 14 heavy (non-hydrogen) atoms. The minimum atomic E-state index is 1.06. The van der Waals surface area contributed by atoms with E-state index in [0.717, 1.165) is 18.5 Å². The highest BCUT2D eigenvalue weighted by atomic mass is 14.7. The summed E-state index contributed by atoms with van der Waals surface area (Å²) < 4.78 is 0. The molecule has 0 aliphatic rings. The second kappa shape index (κ2) is 5.58. The first kappa shape index (κ1) is 11.0. The summed E-state index contributed by atoms with van der Waals surface area (Å²) in [4.78, 5) is 4.40. The summed E-state index contributed by atoms with van der Waals surface area (Å²) in [5, 5.41) is 0. The Morgan fingerprint density at radius 3 is 2.64 bits per heavy atom. The minimum absolute atomic E-state index is 1.06. The average molecular weight is 189 g/mol. The molecule has 0 unspecified atom stereocenters. The van der Waals surface area contributed by atoms with Crippen LogP contribution >= 0.6 is 0 Å². The SMILES string of the molecule is CCC/C(C)=C/c1ccc(CC)cn1. The number of hydrogen-bond acceptors (Lipinski definition) is 1. The maximum absolute atomic E-state index is 4.40. The number of allylic oxidation sites excluding steroid dienone is 1. The fourth-order valence-electron chi connectivity index (χ4n) is 1.45. The van der Waals surface area contributed by atoms with E-state index < -0.39 is 0 Å². The van der Waals surface area contributed by atoms with E-state index in [1.165, 1.54) is 17.6 Å². The smallest absolute Gasteiger partial charge is 0.0629 e. The molecule has 0 radical (unpaired) electrons. The molecule has 76 valence electrons. The molecule has 1 aromatic heterocycles. The lowest BCUT2D eigenvalue weighted by Gasteiger charge is -1.99. The lowest BCUT2D eigenvalue weighted by molar-refractivity contribution is 0.911. The molecule has 0 atom stereocenters. The maximum Gasteiger partial charge on any atom is 0.0629 e. The van der Waals surface area contributed by atoms with Crippen molar-refractivity contribution in [1.82, 2.24) is 4.98 Å². The number of rotatable bonds is 4. The second-order valence-corrected chi connectivity index (χ2v) is 3.69. The Balaban J connectivity index is 2.72. The van der Waals surface area contributed by atoms with Gasteiger partial charge in [0.25, 0.3) is 0 Å². The Morgan fingerprint density at radius 2 is 2.14 bits per heavy atom. The van der Waals surface area contributed by atoms with E-state index in [9.17, 15) is 0 Å². The molecule has 0 bridgehead atoms. The Labute approximate surface area is 86.9 Å². The van der Waals surface area contributed by atoms with Gasteiger partial charge in [-0.25, -0.2) is 0 Å². The van der Waals surface area contributed by atoms with E-state index in [0.29, 0.717) is 0 Å². The third-order valence-electron chi connectivity index (χ3n) is 2.29. The van der Waals surface area contributed by atoms with Gasteiger partial charge in [-0.2, -0.15) is 0 Å². The number of aryl methyl sites for hydroxylation is 1. The zero-order chi connectivity index (χ0) is 10.4. The monoisotopic (exact) mass is 189 g/mol. The molecule has 0 amide bonds. The van der Waals surface area contributed by atoms with E-state index in [-0.39, 0.29) is 0 Å². The Kier molecular flexibility index (Phi) is 4.37. The van der Waals surface area contributed by atoms with Crippen LogP contribution in [0.3, 0.4) is 0 Å². The molecule has 0 spiro atoms. The van der Waals surface area contributed by atoms with Crippen LogP contribution < -0.4 is 0 Å². The van der Waals surface area contributed by atoms with Crippen LogP contribution in [0.15, 0.2) is 23.9 Å². The highest BCUT2D eigenvalue weighted by Crippen LogP contribution is 2.09. The zero-order valence-electron chi connectivity index (χ0n) is 9.38. The van der Waals surface area contributed by atoms with Gasteiger partial charge in [0.1, 0.15) is 0 Å². The molecule has 0 aliphatic carbocycles. The fraction of sp³-hybridized carbons (Fsp3) is 0.462. The molecule has 1 heteroatoms. The van der Waals surface area contributed by atoms with Crippen LogP contribution in [0.5, 0.6) is 0 Å².